The molecule has 0 bridgehead atoms. The van der Waals surface area contributed by atoms with Gasteiger partial charge in [0, 0.05) is 0 Å². The number of rotatable bonds is 3. The lowest BCUT2D eigenvalue weighted by molar-refractivity contribution is 0.0695. The maximum absolute atomic E-state index is 13.7. The smallest absolute Gasteiger partial charge is 0.341 e. The topological polar surface area (TPSA) is 63.3 Å². The summed E-state index contributed by atoms with van der Waals surface area (Å²) >= 11 is 11.4. The highest BCUT2D eigenvalue weighted by Gasteiger charge is 2.26. The second-order valence-electron chi connectivity index (χ2n) is 3.36. The van der Waals surface area contributed by atoms with Gasteiger partial charge in [-0.05, 0) is 12.1 Å². The highest BCUT2D eigenvalue weighted by Crippen LogP contribution is 2.33. The van der Waals surface area contributed by atoms with E-state index in [1.54, 1.807) is 0 Å². The lowest BCUT2D eigenvalue weighted by atomic mass is 10.1. The van der Waals surface area contributed by atoms with Crippen molar-refractivity contribution in [2.24, 2.45) is 0 Å². The Morgan fingerprint density at radius 2 is 2.22 bits per heavy atom. The number of nitrogens with zero attached hydrogens (tertiary/aromatic N) is 1. The van der Waals surface area contributed by atoms with Gasteiger partial charge in [0.2, 0.25) is 0 Å². The summed E-state index contributed by atoms with van der Waals surface area (Å²) in [7, 11) is 0. The summed E-state index contributed by atoms with van der Waals surface area (Å²) in [5.74, 6) is -2.21. The zero-order chi connectivity index (χ0) is 13.3. The molecule has 2 rings (SSSR count). The first-order valence-corrected chi connectivity index (χ1v) is 5.69. The molecule has 0 amide bonds. The Bertz CT molecular complexity index is 592. The summed E-state index contributed by atoms with van der Waals surface area (Å²) in [6.07, 6.45) is 0. The average Bonchev–Trinajstić information content (AvgIpc) is 2.72. The van der Waals surface area contributed by atoms with Crippen LogP contribution in [0.3, 0.4) is 0 Å². The molecular weight excluding hydrogens is 284 g/mol. The summed E-state index contributed by atoms with van der Waals surface area (Å²) in [4.78, 5) is 11.1. The van der Waals surface area contributed by atoms with Gasteiger partial charge in [-0.2, -0.15) is 0 Å². The van der Waals surface area contributed by atoms with Crippen LogP contribution in [0.15, 0.2) is 22.7 Å². The number of hydrogen-bond acceptors (Lipinski definition) is 3. The number of aromatic carboxylic acids is 1. The standard InChI is InChI=1S/C11H6Cl2FNO3/c12-4-7-9(11(16)17)10(15-18-7)8-5(13)2-1-3-6(8)14/h1-3H,4H2,(H,16,17). The summed E-state index contributed by atoms with van der Waals surface area (Å²) in [5.41, 5.74) is -0.560. The zero-order valence-electron chi connectivity index (χ0n) is 8.78. The van der Waals surface area contributed by atoms with Crippen molar-refractivity contribution in [2.45, 2.75) is 5.88 Å². The van der Waals surface area contributed by atoms with Crippen molar-refractivity contribution in [3.05, 3.63) is 40.4 Å². The second-order valence-corrected chi connectivity index (χ2v) is 4.04. The molecule has 0 saturated heterocycles. The van der Waals surface area contributed by atoms with Crippen LogP contribution >= 0.6 is 23.2 Å². The average molecular weight is 290 g/mol. The van der Waals surface area contributed by atoms with Crippen LogP contribution in [0.2, 0.25) is 5.02 Å². The van der Waals surface area contributed by atoms with E-state index in [9.17, 15) is 9.18 Å². The molecule has 1 aromatic heterocycles. The van der Waals surface area contributed by atoms with Gasteiger partial charge in [0.05, 0.1) is 16.5 Å². The number of carboxylic acid groups (broad SMARTS) is 1. The van der Waals surface area contributed by atoms with E-state index in [1.165, 1.54) is 12.1 Å². The molecule has 4 nitrogen and oxygen atoms in total. The minimum absolute atomic E-state index is 0.0431. The molecule has 0 aliphatic heterocycles. The molecule has 0 atom stereocenters. The van der Waals surface area contributed by atoms with E-state index in [0.29, 0.717) is 0 Å². The van der Waals surface area contributed by atoms with Gasteiger partial charge in [0.1, 0.15) is 17.1 Å². The summed E-state index contributed by atoms with van der Waals surface area (Å²) in [6, 6.07) is 3.99. The second kappa shape index (κ2) is 4.96. The number of alkyl halides is 1. The van der Waals surface area contributed by atoms with E-state index in [4.69, 9.17) is 32.8 Å². The Morgan fingerprint density at radius 1 is 1.50 bits per heavy atom. The first-order chi connectivity index (χ1) is 8.56. The van der Waals surface area contributed by atoms with Crippen LogP contribution in [-0.2, 0) is 5.88 Å². The van der Waals surface area contributed by atoms with E-state index in [-0.39, 0.29) is 33.5 Å². The van der Waals surface area contributed by atoms with Crippen molar-refractivity contribution in [3.8, 4) is 11.3 Å². The SMILES string of the molecule is O=C(O)c1c(-c2c(F)cccc2Cl)noc1CCl. The van der Waals surface area contributed by atoms with Crippen LogP contribution in [0.1, 0.15) is 16.1 Å². The van der Waals surface area contributed by atoms with Crippen molar-refractivity contribution < 1.29 is 18.8 Å². The number of aromatic nitrogens is 1. The Hall–Kier alpha value is -1.59. The fourth-order valence-corrected chi connectivity index (χ4v) is 1.97. The third-order valence-corrected chi connectivity index (χ3v) is 2.86. The van der Waals surface area contributed by atoms with E-state index in [0.717, 1.165) is 6.07 Å². The largest absolute Gasteiger partial charge is 0.477 e. The van der Waals surface area contributed by atoms with Crippen molar-refractivity contribution in [3.63, 3.8) is 0 Å². The Balaban J connectivity index is 2.72. The number of carbonyl (C=O) groups is 1. The molecule has 18 heavy (non-hydrogen) atoms. The van der Waals surface area contributed by atoms with Gasteiger partial charge in [-0.15, -0.1) is 11.6 Å². The van der Waals surface area contributed by atoms with E-state index in [2.05, 4.69) is 5.16 Å². The molecular formula is C11H6Cl2FNO3. The van der Waals surface area contributed by atoms with Crippen LogP contribution in [0, 0.1) is 5.82 Å². The molecule has 1 heterocycles. The first-order valence-electron chi connectivity index (χ1n) is 4.78. The summed E-state index contributed by atoms with van der Waals surface area (Å²) in [5, 5.41) is 12.7. The minimum Gasteiger partial charge on any atom is -0.477 e. The quantitative estimate of drug-likeness (QED) is 0.878. The maximum Gasteiger partial charge on any atom is 0.341 e. The molecule has 0 saturated carbocycles. The highest BCUT2D eigenvalue weighted by atomic mass is 35.5. The molecule has 0 fully saturated rings. The molecule has 1 N–H and O–H groups in total. The molecule has 0 unspecified atom stereocenters. The summed E-state index contributed by atoms with van der Waals surface area (Å²) < 4.78 is 18.5. The third-order valence-electron chi connectivity index (χ3n) is 2.30. The highest BCUT2D eigenvalue weighted by molar-refractivity contribution is 6.33. The summed E-state index contributed by atoms with van der Waals surface area (Å²) in [6.45, 7) is 0. The van der Waals surface area contributed by atoms with Crippen LogP contribution < -0.4 is 0 Å². The Morgan fingerprint density at radius 3 is 2.78 bits per heavy atom. The molecule has 0 aliphatic carbocycles. The lowest BCUT2D eigenvalue weighted by Gasteiger charge is -2.03. The maximum atomic E-state index is 13.7. The molecule has 0 aliphatic rings. The molecule has 0 radical (unpaired) electrons. The van der Waals surface area contributed by atoms with Crippen molar-refractivity contribution >= 4 is 29.2 Å². The minimum atomic E-state index is -1.30. The fourth-order valence-electron chi connectivity index (χ4n) is 1.53. The van der Waals surface area contributed by atoms with E-state index < -0.39 is 11.8 Å². The number of benzene rings is 1. The molecule has 94 valence electrons. The molecule has 0 spiro atoms. The van der Waals surface area contributed by atoms with Gasteiger partial charge in [0.15, 0.2) is 5.76 Å². The third kappa shape index (κ3) is 2.07. The van der Waals surface area contributed by atoms with Crippen molar-refractivity contribution in [1.82, 2.24) is 5.16 Å². The number of carboxylic acids is 1. The molecule has 1 aromatic carbocycles. The molecule has 2 aromatic rings. The number of halogens is 3. The van der Waals surface area contributed by atoms with Crippen LogP contribution in [-0.4, -0.2) is 16.2 Å². The number of hydrogen-bond donors (Lipinski definition) is 1. The first kappa shape index (κ1) is 12.9. The zero-order valence-corrected chi connectivity index (χ0v) is 10.3. The van der Waals surface area contributed by atoms with E-state index >= 15 is 0 Å². The predicted octanol–water partition coefficient (Wildman–Crippen LogP) is 3.57. The molecule has 7 heteroatoms. The van der Waals surface area contributed by atoms with Gasteiger partial charge in [0.25, 0.3) is 0 Å². The fraction of sp³-hybridized carbons (Fsp3) is 0.0909. The van der Waals surface area contributed by atoms with Gasteiger partial charge < -0.3 is 9.63 Å². The van der Waals surface area contributed by atoms with Gasteiger partial charge in [-0.1, -0.05) is 22.8 Å². The van der Waals surface area contributed by atoms with Crippen LogP contribution in [0.5, 0.6) is 0 Å². The van der Waals surface area contributed by atoms with Gasteiger partial charge >= 0.3 is 5.97 Å². The van der Waals surface area contributed by atoms with Crippen molar-refractivity contribution in [2.75, 3.05) is 0 Å². The van der Waals surface area contributed by atoms with Crippen molar-refractivity contribution in [1.29, 1.82) is 0 Å². The Labute approximate surface area is 111 Å². The van der Waals surface area contributed by atoms with Crippen LogP contribution in [0.25, 0.3) is 11.3 Å². The lowest BCUT2D eigenvalue weighted by Crippen LogP contribution is -2.01. The van der Waals surface area contributed by atoms with E-state index in [1.807, 2.05) is 0 Å². The van der Waals surface area contributed by atoms with Crippen LogP contribution in [0.4, 0.5) is 4.39 Å². The predicted molar refractivity (Wildman–Crippen MR) is 63.4 cm³/mol. The monoisotopic (exact) mass is 289 g/mol. The normalized spacial score (nSPS) is 10.6. The van der Waals surface area contributed by atoms with Gasteiger partial charge in [-0.3, -0.25) is 0 Å². The van der Waals surface area contributed by atoms with Gasteiger partial charge in [-0.25, -0.2) is 9.18 Å². The Kier molecular flexibility index (Phi) is 3.54.